The van der Waals surface area contributed by atoms with E-state index in [9.17, 15) is 9.59 Å². The normalized spacial score (nSPS) is 22.7. The molecule has 4 aliphatic rings. The molecule has 1 atom stereocenters. The van der Waals surface area contributed by atoms with Crippen LogP contribution in [0.3, 0.4) is 0 Å². The molecule has 0 unspecified atom stereocenters. The Labute approximate surface area is 210 Å². The smallest absolute Gasteiger partial charge is 0.256 e. The molecule has 1 aromatic heterocycles. The average Bonchev–Trinajstić information content (AvgIpc) is 3.78. The Morgan fingerprint density at radius 2 is 1.89 bits per heavy atom. The van der Waals surface area contributed by atoms with Crippen LogP contribution in [0.5, 0.6) is 0 Å². The molecule has 2 aliphatic heterocycles. The van der Waals surface area contributed by atoms with Crippen LogP contribution in [0.4, 0.5) is 0 Å². The number of hydrogen-bond acceptors (Lipinski definition) is 4. The lowest BCUT2D eigenvalue weighted by Gasteiger charge is -2.24. The molecule has 7 rings (SSSR count). The van der Waals surface area contributed by atoms with Gasteiger partial charge in [-0.25, -0.2) is 0 Å². The van der Waals surface area contributed by atoms with Gasteiger partial charge in [0.1, 0.15) is 11.4 Å². The maximum absolute atomic E-state index is 13.4. The molecule has 7 heteroatoms. The summed E-state index contributed by atoms with van der Waals surface area (Å²) in [6.07, 6.45) is 6.61. The minimum atomic E-state index is -0.532. The number of aromatic nitrogens is 2. The number of fused-ring (bicyclic) bond motifs is 1. The van der Waals surface area contributed by atoms with E-state index in [4.69, 9.17) is 4.99 Å². The zero-order valence-electron chi connectivity index (χ0n) is 20.9. The van der Waals surface area contributed by atoms with E-state index in [1.165, 1.54) is 5.56 Å². The number of aryl methyl sites for hydroxylation is 2. The van der Waals surface area contributed by atoms with Crippen LogP contribution in [0.2, 0.25) is 0 Å². The molecule has 3 aromatic rings. The topological polar surface area (TPSA) is 70.8 Å². The van der Waals surface area contributed by atoms with Gasteiger partial charge in [-0.1, -0.05) is 18.2 Å². The highest BCUT2D eigenvalue weighted by atomic mass is 16.2. The van der Waals surface area contributed by atoms with Crippen molar-refractivity contribution in [3.05, 3.63) is 53.7 Å². The molecule has 2 amide bonds. The van der Waals surface area contributed by atoms with Gasteiger partial charge in [-0.05, 0) is 79.8 Å². The molecule has 3 heterocycles. The highest BCUT2D eigenvalue weighted by Gasteiger charge is 2.57. The number of amides is 2. The van der Waals surface area contributed by atoms with E-state index in [0.717, 1.165) is 78.6 Å². The highest BCUT2D eigenvalue weighted by Crippen LogP contribution is 2.46. The molecule has 184 valence electrons. The minimum Gasteiger partial charge on any atom is -0.342 e. The summed E-state index contributed by atoms with van der Waals surface area (Å²) in [5, 5.41) is 5.49. The lowest BCUT2D eigenvalue weighted by molar-refractivity contribution is -0.131. The Bertz CT molecular complexity index is 1450. The number of likely N-dealkylation sites (tertiary alicyclic amines) is 1. The summed E-state index contributed by atoms with van der Waals surface area (Å²) in [7, 11) is 1.96. The Morgan fingerprint density at radius 1 is 1.08 bits per heavy atom. The fourth-order valence-electron chi connectivity index (χ4n) is 5.98. The van der Waals surface area contributed by atoms with E-state index in [-0.39, 0.29) is 11.8 Å². The van der Waals surface area contributed by atoms with Crippen LogP contribution >= 0.6 is 0 Å². The first-order valence-corrected chi connectivity index (χ1v) is 13.2. The van der Waals surface area contributed by atoms with Gasteiger partial charge >= 0.3 is 0 Å². The third kappa shape index (κ3) is 3.47. The van der Waals surface area contributed by atoms with Crippen molar-refractivity contribution in [3.63, 3.8) is 0 Å². The summed E-state index contributed by atoms with van der Waals surface area (Å²) >= 11 is 0. The minimum absolute atomic E-state index is 0.147. The number of carbonyl (C=O) groups is 2. The maximum atomic E-state index is 13.4. The SMILES string of the molecule is Cc1cc(C2=NC3(CC3)C(=O)N2C[C@@H]2CCN(C(=O)C3CC3)C2)ccc1-c1ccc2c(cnn2C)c1. The summed E-state index contributed by atoms with van der Waals surface area (Å²) in [4.78, 5) is 34.9. The number of rotatable bonds is 5. The molecule has 3 fully saturated rings. The Morgan fingerprint density at radius 3 is 2.64 bits per heavy atom. The van der Waals surface area contributed by atoms with Crippen molar-refractivity contribution in [3.8, 4) is 11.1 Å². The van der Waals surface area contributed by atoms with Gasteiger partial charge in [0.25, 0.3) is 5.91 Å². The summed E-state index contributed by atoms with van der Waals surface area (Å²) in [6, 6.07) is 12.9. The van der Waals surface area contributed by atoms with Crippen molar-refractivity contribution in [2.24, 2.45) is 23.9 Å². The maximum Gasteiger partial charge on any atom is 0.256 e. The molecular weight excluding hydrogens is 450 g/mol. The van der Waals surface area contributed by atoms with Crippen molar-refractivity contribution in [2.75, 3.05) is 19.6 Å². The summed E-state index contributed by atoms with van der Waals surface area (Å²) in [5.41, 5.74) is 5.07. The van der Waals surface area contributed by atoms with Gasteiger partial charge in [-0.3, -0.25) is 24.2 Å². The molecule has 0 bridgehead atoms. The number of aliphatic imine (C=N–C) groups is 1. The van der Waals surface area contributed by atoms with Crippen molar-refractivity contribution in [2.45, 2.75) is 44.6 Å². The van der Waals surface area contributed by atoms with E-state index in [1.54, 1.807) is 0 Å². The van der Waals surface area contributed by atoms with Gasteiger partial charge in [0.15, 0.2) is 0 Å². The molecular formula is C29H31N5O2. The lowest BCUT2D eigenvalue weighted by Crippen LogP contribution is -2.41. The van der Waals surface area contributed by atoms with Crippen LogP contribution in [0.1, 0.15) is 43.2 Å². The second-order valence-corrected chi connectivity index (χ2v) is 11.2. The zero-order chi connectivity index (χ0) is 24.6. The second kappa shape index (κ2) is 7.76. The number of hydrogen-bond donors (Lipinski definition) is 0. The standard InChI is InChI=1S/C29H31N5O2/c1-18-13-22(5-7-24(18)21-6-8-25-23(14-21)15-30-32(25)2)26-31-29(10-11-29)28(36)34(26)17-19-9-12-33(16-19)27(35)20-3-4-20/h5-8,13-15,19-20H,3-4,9-12,16-17H2,1-2H3/t19-/m1/s1. The summed E-state index contributed by atoms with van der Waals surface area (Å²) in [6.45, 7) is 4.34. The fourth-order valence-corrected chi connectivity index (χ4v) is 5.98. The molecule has 2 saturated carbocycles. The first-order chi connectivity index (χ1) is 17.4. The van der Waals surface area contributed by atoms with E-state index >= 15 is 0 Å². The van der Waals surface area contributed by atoms with Crippen LogP contribution in [-0.2, 0) is 16.6 Å². The van der Waals surface area contributed by atoms with E-state index in [1.807, 2.05) is 27.7 Å². The van der Waals surface area contributed by atoms with Crippen molar-refractivity contribution in [1.29, 1.82) is 0 Å². The molecule has 36 heavy (non-hydrogen) atoms. The predicted molar refractivity (Wildman–Crippen MR) is 139 cm³/mol. The number of carbonyl (C=O) groups excluding carboxylic acids is 2. The monoisotopic (exact) mass is 481 g/mol. The number of nitrogens with zero attached hydrogens (tertiary/aromatic N) is 5. The van der Waals surface area contributed by atoms with Gasteiger partial charge in [-0.2, -0.15) is 5.10 Å². The largest absolute Gasteiger partial charge is 0.342 e. The van der Waals surface area contributed by atoms with Gasteiger partial charge in [0.2, 0.25) is 5.91 Å². The van der Waals surface area contributed by atoms with E-state index < -0.39 is 5.54 Å². The van der Waals surface area contributed by atoms with Crippen LogP contribution in [0, 0.1) is 18.8 Å². The highest BCUT2D eigenvalue weighted by molar-refractivity contribution is 6.16. The van der Waals surface area contributed by atoms with Gasteiger partial charge in [0, 0.05) is 43.5 Å². The second-order valence-electron chi connectivity index (χ2n) is 11.2. The third-order valence-corrected chi connectivity index (χ3v) is 8.45. The lowest BCUT2D eigenvalue weighted by atomic mass is 9.97. The van der Waals surface area contributed by atoms with Crippen molar-refractivity contribution in [1.82, 2.24) is 19.6 Å². The molecule has 2 aliphatic carbocycles. The van der Waals surface area contributed by atoms with E-state index in [2.05, 4.69) is 48.4 Å². The van der Waals surface area contributed by atoms with Crippen molar-refractivity contribution >= 4 is 28.6 Å². The molecule has 1 saturated heterocycles. The molecule has 2 aromatic carbocycles. The number of benzene rings is 2. The Hall–Kier alpha value is -3.48. The van der Waals surface area contributed by atoms with Crippen LogP contribution in [0.25, 0.3) is 22.0 Å². The zero-order valence-corrected chi connectivity index (χ0v) is 20.9. The Kier molecular flexibility index (Phi) is 4.69. The predicted octanol–water partition coefficient (Wildman–Crippen LogP) is 3.93. The quantitative estimate of drug-likeness (QED) is 0.555. The molecule has 0 N–H and O–H groups in total. The van der Waals surface area contributed by atoms with Crippen LogP contribution < -0.4 is 0 Å². The van der Waals surface area contributed by atoms with Gasteiger partial charge in [0.05, 0.1) is 11.7 Å². The first-order valence-electron chi connectivity index (χ1n) is 13.2. The summed E-state index contributed by atoms with van der Waals surface area (Å²) < 4.78 is 1.89. The fraction of sp³-hybridized carbons (Fsp3) is 0.448. The average molecular weight is 482 g/mol. The van der Waals surface area contributed by atoms with Crippen LogP contribution in [0.15, 0.2) is 47.6 Å². The van der Waals surface area contributed by atoms with Gasteiger partial charge < -0.3 is 4.90 Å². The molecule has 0 radical (unpaired) electrons. The third-order valence-electron chi connectivity index (χ3n) is 8.45. The first kappa shape index (κ1) is 21.8. The van der Waals surface area contributed by atoms with Crippen LogP contribution in [-0.4, -0.2) is 62.4 Å². The van der Waals surface area contributed by atoms with Gasteiger partial charge in [-0.15, -0.1) is 0 Å². The Balaban J connectivity index is 1.15. The van der Waals surface area contributed by atoms with Crippen molar-refractivity contribution < 1.29 is 9.59 Å². The molecule has 1 spiro atoms. The summed E-state index contributed by atoms with van der Waals surface area (Å²) in [5.74, 6) is 1.83. The molecule has 7 nitrogen and oxygen atoms in total. The van der Waals surface area contributed by atoms with E-state index in [0.29, 0.717) is 18.4 Å². The number of amidine groups is 1.